The van der Waals surface area contributed by atoms with Crippen LogP contribution >= 0.6 is 15.9 Å². The highest BCUT2D eigenvalue weighted by Gasteiger charge is 2.53. The van der Waals surface area contributed by atoms with Crippen LogP contribution in [0.25, 0.3) is 0 Å². The molecule has 6 rings (SSSR count). The van der Waals surface area contributed by atoms with Crippen LogP contribution in [0, 0.1) is 46.3 Å². The second kappa shape index (κ2) is 15.4. The fraction of sp³-hybridized carbons (Fsp3) is 0.878. The van der Waals surface area contributed by atoms with E-state index in [1.54, 1.807) is 19.4 Å². The fourth-order valence-electron chi connectivity index (χ4n) is 11.7. The maximum Gasteiger partial charge on any atom is 0.340 e. The Morgan fingerprint density at radius 1 is 0.714 bits per heavy atom. The number of fused-ring (bicyclic) bond motifs is 2. The van der Waals surface area contributed by atoms with Gasteiger partial charge in [-0.3, -0.25) is 4.79 Å². The number of Topliss-reactive ketones (excluding diaryl/α,β-unsaturated/α-hetero) is 1. The Hall–Kier alpha value is -1.25. The number of ether oxygens (including phenoxy) is 4. The van der Waals surface area contributed by atoms with Crippen molar-refractivity contribution in [1.29, 1.82) is 0 Å². The Labute approximate surface area is 304 Å². The summed E-state index contributed by atoms with van der Waals surface area (Å²) in [6.45, 7) is 16.9. The number of rotatable bonds is 10. The summed E-state index contributed by atoms with van der Waals surface area (Å²) in [7, 11) is 0. The molecule has 6 aliphatic rings. The Bertz CT molecular complexity index is 1250. The number of hydrogen-bond donors (Lipinski definition) is 0. The van der Waals surface area contributed by atoms with Gasteiger partial charge in [0.1, 0.15) is 5.78 Å². The molecule has 2 saturated heterocycles. The molecule has 0 aromatic heterocycles. The summed E-state index contributed by atoms with van der Waals surface area (Å²) in [6, 6.07) is 0. The lowest BCUT2D eigenvalue weighted by atomic mass is 9.61. The second-order valence-corrected chi connectivity index (χ2v) is 18.2. The van der Waals surface area contributed by atoms with Gasteiger partial charge in [0.15, 0.2) is 11.2 Å². The molecule has 4 saturated carbocycles. The van der Waals surface area contributed by atoms with E-state index in [9.17, 15) is 14.4 Å². The first-order valence-corrected chi connectivity index (χ1v) is 20.6. The molecule has 0 aromatic carbocycles. The minimum atomic E-state index is -0.776. The van der Waals surface area contributed by atoms with Gasteiger partial charge in [-0.15, -0.1) is 0 Å². The summed E-state index contributed by atoms with van der Waals surface area (Å²) in [4.78, 5) is 38.4. The van der Waals surface area contributed by atoms with Crippen molar-refractivity contribution in [2.45, 2.75) is 182 Å². The zero-order valence-electron chi connectivity index (χ0n) is 31.7. The monoisotopic (exact) mass is 748 g/mol. The first kappa shape index (κ1) is 39.0. The van der Waals surface area contributed by atoms with Crippen molar-refractivity contribution in [2.24, 2.45) is 46.3 Å². The molecule has 2 heterocycles. The number of carbonyl (C=O) groups excluding carboxylic acids is 3. The summed E-state index contributed by atoms with van der Waals surface area (Å²) in [5.41, 5.74) is 0.779. The summed E-state index contributed by atoms with van der Waals surface area (Å²) < 4.78 is 21.7. The van der Waals surface area contributed by atoms with E-state index in [0.717, 1.165) is 56.8 Å². The van der Waals surface area contributed by atoms with Crippen molar-refractivity contribution in [1.82, 2.24) is 0 Å². The third-order valence-electron chi connectivity index (χ3n) is 14.4. The summed E-state index contributed by atoms with van der Waals surface area (Å²) in [5.74, 6) is 3.85. The highest BCUT2D eigenvalue weighted by molar-refractivity contribution is 9.11. The van der Waals surface area contributed by atoms with Crippen LogP contribution in [0.15, 0.2) is 10.6 Å². The van der Waals surface area contributed by atoms with Gasteiger partial charge in [-0.05, 0) is 157 Å². The van der Waals surface area contributed by atoms with E-state index in [1.807, 2.05) is 13.8 Å². The van der Waals surface area contributed by atoms with Gasteiger partial charge >= 0.3 is 11.9 Å². The Morgan fingerprint density at radius 2 is 1.16 bits per heavy atom. The number of halogens is 1. The average Bonchev–Trinajstić information content (AvgIpc) is 3.72. The third kappa shape index (κ3) is 7.92. The largest absolute Gasteiger partial charge is 0.434 e. The fourth-order valence-corrected chi connectivity index (χ4v) is 12.3. The molecule has 0 N–H and O–H groups in total. The van der Waals surface area contributed by atoms with Gasteiger partial charge in [0.2, 0.25) is 12.6 Å². The number of hydrogen-bond acceptors (Lipinski definition) is 7. The lowest BCUT2D eigenvalue weighted by Crippen LogP contribution is -2.39. The van der Waals surface area contributed by atoms with Gasteiger partial charge in [-0.25, -0.2) is 9.59 Å². The Kier molecular flexibility index (Phi) is 12.2. The molecule has 2 aliphatic heterocycles. The zero-order chi connectivity index (χ0) is 35.8. The minimum absolute atomic E-state index is 0.195. The standard InChI is InChI=1S/C21H33BrO3.C20H32O4/c1-14(7-5-12-21(4)19(23)24-15(2)25-21)17-9-10-18-16(13-22)8-6-11-20(17,18)3;1-13(7-5-12-20(4)18(22)23-14(2)24-20)15-9-10-16-17(21)8-6-11-19(15,16)3/h13-15,17-18H,5-12H2,1-4H3;13-16H,5-12H2,1-4H3/b16-13+;/t14-,15-,17?,18+,20-,21-;13-,14-,15?,16+,19-,20-/m11/s1. The minimum Gasteiger partial charge on any atom is -0.434 e. The van der Waals surface area contributed by atoms with E-state index < -0.39 is 23.8 Å². The quantitative estimate of drug-likeness (QED) is 0.206. The third-order valence-corrected chi connectivity index (χ3v) is 15.0. The van der Waals surface area contributed by atoms with E-state index in [1.165, 1.54) is 51.4 Å². The van der Waals surface area contributed by atoms with Gasteiger partial charge in [-0.2, -0.15) is 0 Å². The lowest BCUT2D eigenvalue weighted by molar-refractivity contribution is -0.145. The molecule has 2 unspecified atom stereocenters. The molecule has 7 nitrogen and oxygen atoms in total. The molecule has 12 atom stereocenters. The molecule has 0 aromatic rings. The molecule has 6 fully saturated rings. The average molecular weight is 750 g/mol. The molecule has 49 heavy (non-hydrogen) atoms. The van der Waals surface area contributed by atoms with E-state index in [0.29, 0.717) is 41.3 Å². The number of esters is 2. The van der Waals surface area contributed by atoms with Crippen LogP contribution in [0.1, 0.15) is 158 Å². The first-order chi connectivity index (χ1) is 23.1. The van der Waals surface area contributed by atoms with E-state index in [4.69, 9.17) is 18.9 Å². The van der Waals surface area contributed by atoms with Crippen molar-refractivity contribution >= 4 is 33.7 Å². The van der Waals surface area contributed by atoms with Crippen LogP contribution in [0.4, 0.5) is 0 Å². The van der Waals surface area contributed by atoms with E-state index >= 15 is 0 Å². The Morgan fingerprint density at radius 3 is 1.61 bits per heavy atom. The van der Waals surface area contributed by atoms with E-state index in [-0.39, 0.29) is 17.4 Å². The van der Waals surface area contributed by atoms with Crippen LogP contribution in [-0.2, 0) is 33.3 Å². The van der Waals surface area contributed by atoms with Gasteiger partial charge in [0, 0.05) is 12.3 Å². The van der Waals surface area contributed by atoms with Gasteiger partial charge in [0.25, 0.3) is 0 Å². The van der Waals surface area contributed by atoms with Crippen molar-refractivity contribution < 1.29 is 33.3 Å². The number of ketones is 1. The maximum absolute atomic E-state index is 12.3. The summed E-state index contributed by atoms with van der Waals surface area (Å²) >= 11 is 3.60. The molecular weight excluding hydrogens is 684 g/mol. The van der Waals surface area contributed by atoms with E-state index in [2.05, 4.69) is 48.6 Å². The van der Waals surface area contributed by atoms with Crippen molar-refractivity contribution in [2.75, 3.05) is 0 Å². The van der Waals surface area contributed by atoms with Gasteiger partial charge in [-0.1, -0.05) is 62.0 Å². The van der Waals surface area contributed by atoms with Crippen molar-refractivity contribution in [3.63, 3.8) is 0 Å². The number of carbonyl (C=O) groups is 3. The van der Waals surface area contributed by atoms with Crippen LogP contribution in [0.2, 0.25) is 0 Å². The highest BCUT2D eigenvalue weighted by atomic mass is 79.9. The lowest BCUT2D eigenvalue weighted by Gasteiger charge is -2.44. The molecule has 0 bridgehead atoms. The molecule has 0 amide bonds. The number of allylic oxidation sites excluding steroid dienone is 1. The molecule has 8 heteroatoms. The highest BCUT2D eigenvalue weighted by Crippen LogP contribution is 2.60. The van der Waals surface area contributed by atoms with Crippen molar-refractivity contribution in [3.8, 4) is 0 Å². The molecule has 4 aliphatic carbocycles. The molecule has 0 radical (unpaired) electrons. The maximum atomic E-state index is 12.3. The molecular formula is C41H65BrO7. The van der Waals surface area contributed by atoms with Crippen LogP contribution in [0.3, 0.4) is 0 Å². The normalized spacial score (nSPS) is 43.8. The van der Waals surface area contributed by atoms with Crippen LogP contribution < -0.4 is 0 Å². The topological polar surface area (TPSA) is 88.1 Å². The first-order valence-electron chi connectivity index (χ1n) is 19.7. The SMILES string of the molecule is C[C@@H]1OC(=O)[C@@](C)(CCC[C@@H](C)C2CC[C@H]3/C(=C/Br)CCC[C@]23C)O1.C[C@@H]1OC(=O)[C@@](C)(CCC[C@@H](C)C2CC[C@H]3C(=O)CCC[C@]23C)O1. The smallest absolute Gasteiger partial charge is 0.340 e. The second-order valence-electron chi connectivity index (χ2n) is 17.7. The molecule has 0 spiro atoms. The van der Waals surface area contributed by atoms with Gasteiger partial charge < -0.3 is 18.9 Å². The van der Waals surface area contributed by atoms with Crippen LogP contribution in [-0.4, -0.2) is 41.5 Å². The van der Waals surface area contributed by atoms with Gasteiger partial charge in [0.05, 0.1) is 0 Å². The predicted molar refractivity (Wildman–Crippen MR) is 194 cm³/mol. The predicted octanol–water partition coefficient (Wildman–Crippen LogP) is 10.2. The summed E-state index contributed by atoms with van der Waals surface area (Å²) in [6.07, 6.45) is 16.8. The van der Waals surface area contributed by atoms with Crippen LogP contribution in [0.5, 0.6) is 0 Å². The Balaban J connectivity index is 0.000000191. The zero-order valence-corrected chi connectivity index (χ0v) is 33.3. The molecule has 278 valence electrons. The van der Waals surface area contributed by atoms with Crippen molar-refractivity contribution in [3.05, 3.63) is 10.6 Å². The summed E-state index contributed by atoms with van der Waals surface area (Å²) in [5, 5.41) is 0. The number of cyclic esters (lactones) is 2.